The van der Waals surface area contributed by atoms with Crippen molar-refractivity contribution in [3.8, 4) is 5.75 Å². The Kier molecular flexibility index (Phi) is 3.27. The van der Waals surface area contributed by atoms with Crippen molar-refractivity contribution in [3.05, 3.63) is 64.2 Å². The second-order valence-corrected chi connectivity index (χ2v) is 5.71. The van der Waals surface area contributed by atoms with Crippen LogP contribution in [0.15, 0.2) is 36.4 Å². The predicted molar refractivity (Wildman–Crippen MR) is 82.3 cm³/mol. The van der Waals surface area contributed by atoms with Crippen molar-refractivity contribution in [2.45, 2.75) is 32.2 Å². The zero-order valence-electron chi connectivity index (χ0n) is 12.3. The minimum Gasteiger partial charge on any atom is -0.496 e. The zero-order chi connectivity index (χ0) is 14.3. The van der Waals surface area contributed by atoms with Gasteiger partial charge in [0.25, 0.3) is 0 Å². The van der Waals surface area contributed by atoms with Crippen molar-refractivity contribution < 1.29 is 4.74 Å². The van der Waals surface area contributed by atoms with E-state index < -0.39 is 0 Å². The SMILES string of the molecule is COc1cc(C)c(C(N)C2Cc3ccccc32)cc1C. The molecule has 0 saturated heterocycles. The molecule has 2 atom stereocenters. The van der Waals surface area contributed by atoms with E-state index in [1.165, 1.54) is 22.3 Å². The van der Waals surface area contributed by atoms with Crippen LogP contribution in [-0.2, 0) is 6.42 Å². The number of ether oxygens (including phenoxy) is 1. The first-order valence-electron chi connectivity index (χ1n) is 7.10. The molecule has 2 aromatic carbocycles. The van der Waals surface area contributed by atoms with Crippen LogP contribution >= 0.6 is 0 Å². The molecule has 2 N–H and O–H groups in total. The van der Waals surface area contributed by atoms with Crippen LogP contribution in [0.3, 0.4) is 0 Å². The number of hydrogen-bond donors (Lipinski definition) is 1. The van der Waals surface area contributed by atoms with Gasteiger partial charge in [0.1, 0.15) is 5.75 Å². The van der Waals surface area contributed by atoms with Crippen LogP contribution < -0.4 is 10.5 Å². The highest BCUT2D eigenvalue weighted by Gasteiger charge is 2.32. The first-order valence-corrected chi connectivity index (χ1v) is 7.10. The quantitative estimate of drug-likeness (QED) is 0.921. The molecule has 2 unspecified atom stereocenters. The molecular weight excluding hydrogens is 246 g/mol. The predicted octanol–water partition coefficient (Wildman–Crippen LogP) is 3.65. The summed E-state index contributed by atoms with van der Waals surface area (Å²) in [6, 6.07) is 12.9. The summed E-state index contributed by atoms with van der Waals surface area (Å²) in [6.45, 7) is 4.19. The molecule has 2 nitrogen and oxygen atoms in total. The van der Waals surface area contributed by atoms with Crippen LogP contribution in [-0.4, -0.2) is 7.11 Å². The topological polar surface area (TPSA) is 35.2 Å². The number of methoxy groups -OCH3 is 1. The maximum atomic E-state index is 6.54. The summed E-state index contributed by atoms with van der Waals surface area (Å²) >= 11 is 0. The molecule has 0 aromatic heterocycles. The fourth-order valence-corrected chi connectivity index (χ4v) is 3.23. The van der Waals surface area contributed by atoms with Crippen LogP contribution in [0.1, 0.15) is 39.8 Å². The Hall–Kier alpha value is -1.80. The van der Waals surface area contributed by atoms with Crippen LogP contribution in [0.4, 0.5) is 0 Å². The van der Waals surface area contributed by atoms with Crippen LogP contribution in [0.2, 0.25) is 0 Å². The lowest BCUT2D eigenvalue weighted by molar-refractivity contribution is 0.410. The smallest absolute Gasteiger partial charge is 0.122 e. The van der Waals surface area contributed by atoms with Gasteiger partial charge in [-0.2, -0.15) is 0 Å². The van der Waals surface area contributed by atoms with E-state index in [2.05, 4.69) is 50.2 Å². The Labute approximate surface area is 120 Å². The van der Waals surface area contributed by atoms with Crippen molar-refractivity contribution in [2.75, 3.05) is 7.11 Å². The van der Waals surface area contributed by atoms with Crippen LogP contribution in [0, 0.1) is 13.8 Å². The molecule has 20 heavy (non-hydrogen) atoms. The first-order chi connectivity index (χ1) is 9.61. The minimum absolute atomic E-state index is 0.0644. The molecule has 0 radical (unpaired) electrons. The average Bonchev–Trinajstić information content (AvgIpc) is 2.42. The van der Waals surface area contributed by atoms with Gasteiger partial charge in [0, 0.05) is 12.0 Å². The van der Waals surface area contributed by atoms with Gasteiger partial charge in [-0.3, -0.25) is 0 Å². The third-order valence-corrected chi connectivity index (χ3v) is 4.47. The molecule has 0 aliphatic heterocycles. The van der Waals surface area contributed by atoms with Crippen molar-refractivity contribution in [2.24, 2.45) is 5.73 Å². The third kappa shape index (κ3) is 2.01. The van der Waals surface area contributed by atoms with E-state index in [0.29, 0.717) is 5.92 Å². The van der Waals surface area contributed by atoms with Crippen LogP contribution in [0.25, 0.3) is 0 Å². The number of fused-ring (bicyclic) bond motifs is 1. The molecule has 2 aromatic rings. The molecule has 0 spiro atoms. The summed E-state index contributed by atoms with van der Waals surface area (Å²) in [5.41, 5.74) is 13.0. The fourth-order valence-electron chi connectivity index (χ4n) is 3.23. The van der Waals surface area contributed by atoms with Gasteiger partial charge in [0.2, 0.25) is 0 Å². The lowest BCUT2D eigenvalue weighted by Gasteiger charge is -2.35. The maximum Gasteiger partial charge on any atom is 0.122 e. The number of aryl methyl sites for hydroxylation is 2. The van der Waals surface area contributed by atoms with Crippen LogP contribution in [0.5, 0.6) is 5.75 Å². The lowest BCUT2D eigenvalue weighted by Crippen LogP contribution is -2.29. The summed E-state index contributed by atoms with van der Waals surface area (Å²) in [6.07, 6.45) is 1.09. The molecule has 0 heterocycles. The van der Waals surface area contributed by atoms with Gasteiger partial charge in [-0.25, -0.2) is 0 Å². The van der Waals surface area contributed by atoms with E-state index in [1.807, 2.05) is 0 Å². The van der Waals surface area contributed by atoms with E-state index in [-0.39, 0.29) is 6.04 Å². The number of rotatable bonds is 3. The normalized spacial score (nSPS) is 18.1. The van der Waals surface area contributed by atoms with Crippen molar-refractivity contribution in [3.63, 3.8) is 0 Å². The summed E-state index contributed by atoms with van der Waals surface area (Å²) in [5.74, 6) is 1.38. The minimum atomic E-state index is 0.0644. The standard InChI is InChI=1S/C18H21NO/c1-11-9-17(20-3)12(2)8-15(11)18(19)16-10-13-6-4-5-7-14(13)16/h4-9,16,18H,10,19H2,1-3H3. The van der Waals surface area contributed by atoms with Gasteiger partial charge in [0.15, 0.2) is 0 Å². The van der Waals surface area contributed by atoms with Gasteiger partial charge >= 0.3 is 0 Å². The van der Waals surface area contributed by atoms with Gasteiger partial charge < -0.3 is 10.5 Å². The molecule has 104 valence electrons. The highest BCUT2D eigenvalue weighted by atomic mass is 16.5. The van der Waals surface area contributed by atoms with Gasteiger partial charge in [-0.1, -0.05) is 30.3 Å². The highest BCUT2D eigenvalue weighted by molar-refractivity contribution is 5.47. The molecule has 0 amide bonds. The van der Waals surface area contributed by atoms with Gasteiger partial charge in [-0.05, 0) is 54.2 Å². The Balaban J connectivity index is 1.93. The number of benzene rings is 2. The van der Waals surface area contributed by atoms with E-state index in [9.17, 15) is 0 Å². The molecule has 0 fully saturated rings. The molecule has 0 saturated carbocycles. The Bertz CT molecular complexity index is 648. The summed E-state index contributed by atoms with van der Waals surface area (Å²) in [4.78, 5) is 0. The lowest BCUT2D eigenvalue weighted by atomic mass is 9.71. The first kappa shape index (κ1) is 13.2. The molecule has 2 heteroatoms. The highest BCUT2D eigenvalue weighted by Crippen LogP contribution is 2.43. The molecule has 1 aliphatic carbocycles. The van der Waals surface area contributed by atoms with Gasteiger partial charge in [0.05, 0.1) is 7.11 Å². The van der Waals surface area contributed by atoms with Crippen molar-refractivity contribution in [1.29, 1.82) is 0 Å². The number of hydrogen-bond acceptors (Lipinski definition) is 2. The molecule has 3 rings (SSSR count). The van der Waals surface area contributed by atoms with Gasteiger partial charge in [-0.15, -0.1) is 0 Å². The Morgan fingerprint density at radius 3 is 2.60 bits per heavy atom. The zero-order valence-corrected chi connectivity index (χ0v) is 12.3. The Morgan fingerprint density at radius 2 is 1.90 bits per heavy atom. The number of nitrogens with two attached hydrogens (primary N) is 1. The van der Waals surface area contributed by atoms with E-state index in [4.69, 9.17) is 10.5 Å². The molecule has 0 bridgehead atoms. The second-order valence-electron chi connectivity index (χ2n) is 5.71. The van der Waals surface area contributed by atoms with E-state index >= 15 is 0 Å². The summed E-state index contributed by atoms with van der Waals surface area (Å²) in [7, 11) is 1.71. The molecular formula is C18H21NO. The molecule has 1 aliphatic rings. The third-order valence-electron chi connectivity index (χ3n) is 4.47. The largest absolute Gasteiger partial charge is 0.496 e. The second kappa shape index (κ2) is 4.95. The summed E-state index contributed by atoms with van der Waals surface area (Å²) in [5, 5.41) is 0. The van der Waals surface area contributed by atoms with E-state index in [0.717, 1.165) is 17.7 Å². The Morgan fingerprint density at radius 1 is 1.15 bits per heavy atom. The van der Waals surface area contributed by atoms with Crippen molar-refractivity contribution in [1.82, 2.24) is 0 Å². The monoisotopic (exact) mass is 267 g/mol. The summed E-state index contributed by atoms with van der Waals surface area (Å²) < 4.78 is 5.38. The average molecular weight is 267 g/mol. The maximum absolute atomic E-state index is 6.54. The fraction of sp³-hybridized carbons (Fsp3) is 0.333. The van der Waals surface area contributed by atoms with Crippen molar-refractivity contribution >= 4 is 0 Å². The van der Waals surface area contributed by atoms with E-state index in [1.54, 1.807) is 7.11 Å².